The Morgan fingerprint density at radius 1 is 0.476 bits per heavy atom. The molecule has 1 aliphatic heterocycles. The Labute approximate surface area is 129 Å². The first-order valence-electron chi connectivity index (χ1n) is 8.24. The maximum Gasteiger partial charge on any atom is 0.152 e. The van der Waals surface area contributed by atoms with Crippen molar-refractivity contribution in [3.63, 3.8) is 0 Å². The molecule has 1 heterocycles. The average Bonchev–Trinajstić information content (AvgIpc) is 2.45. The first-order valence-corrected chi connectivity index (χ1v) is 10.1. The van der Waals surface area contributed by atoms with Crippen LogP contribution in [0.5, 0.6) is 0 Å². The summed E-state index contributed by atoms with van der Waals surface area (Å²) in [7, 11) is -2.92. The average molecular weight is 321 g/mol. The summed E-state index contributed by atoms with van der Waals surface area (Å²) in [5.74, 6) is 0.479. The van der Waals surface area contributed by atoms with Crippen LogP contribution in [0, 0.1) is 0 Å². The number of hydrogen-bond acceptors (Lipinski definition) is 6. The molecule has 1 saturated heterocycles. The van der Waals surface area contributed by atoms with Gasteiger partial charge in [-0.05, 0) is 65.0 Å². The molecule has 0 bridgehead atoms. The summed E-state index contributed by atoms with van der Waals surface area (Å²) in [4.78, 5) is 0. The van der Waals surface area contributed by atoms with Gasteiger partial charge in [0, 0.05) is 13.1 Å². The Morgan fingerprint density at radius 2 is 0.810 bits per heavy atom. The van der Waals surface area contributed by atoms with E-state index < -0.39 is 9.84 Å². The van der Waals surface area contributed by atoms with Crippen LogP contribution in [0.15, 0.2) is 0 Å². The molecule has 0 spiro atoms. The monoisotopic (exact) mass is 320 g/mol. The van der Waals surface area contributed by atoms with Gasteiger partial charge in [0.15, 0.2) is 9.84 Å². The SMILES string of the molecule is O=S1(=O)CCNCCCNCCCCNCCCNCC1. The quantitative estimate of drug-likeness (QED) is 0.474. The molecule has 7 heteroatoms. The van der Waals surface area contributed by atoms with E-state index in [4.69, 9.17) is 0 Å². The van der Waals surface area contributed by atoms with Crippen molar-refractivity contribution in [1.82, 2.24) is 21.3 Å². The first kappa shape index (κ1) is 18.8. The van der Waals surface area contributed by atoms with Crippen LogP contribution >= 0.6 is 0 Å². The lowest BCUT2D eigenvalue weighted by molar-refractivity contribution is 0.553. The van der Waals surface area contributed by atoms with E-state index in [2.05, 4.69) is 21.3 Å². The van der Waals surface area contributed by atoms with E-state index in [9.17, 15) is 8.42 Å². The standard InChI is InChI=1S/C14H32N4O2S/c19-21(20)13-11-17-9-3-7-15-5-1-2-6-16-8-4-10-18-12-14-21/h15-18H,1-14H2. The number of sulfone groups is 1. The zero-order chi connectivity index (χ0) is 15.2. The molecular formula is C14H32N4O2S. The summed E-state index contributed by atoms with van der Waals surface area (Å²) in [6, 6.07) is 0. The highest BCUT2D eigenvalue weighted by Crippen LogP contribution is 1.89. The summed E-state index contributed by atoms with van der Waals surface area (Å²) in [5, 5.41) is 13.3. The normalized spacial score (nSPS) is 25.3. The van der Waals surface area contributed by atoms with Gasteiger partial charge in [0.1, 0.15) is 0 Å². The lowest BCUT2D eigenvalue weighted by atomic mass is 10.3. The second-order valence-corrected chi connectivity index (χ2v) is 7.87. The summed E-state index contributed by atoms with van der Waals surface area (Å²) in [6.07, 6.45) is 4.49. The molecule has 4 N–H and O–H groups in total. The van der Waals surface area contributed by atoms with Gasteiger partial charge in [-0.1, -0.05) is 0 Å². The Kier molecular flexibility index (Phi) is 11.1. The molecule has 1 fully saturated rings. The molecule has 0 aromatic carbocycles. The Hall–Kier alpha value is -0.210. The Bertz CT molecular complexity index is 310. The summed E-state index contributed by atoms with van der Waals surface area (Å²) < 4.78 is 23.6. The second-order valence-electron chi connectivity index (χ2n) is 5.57. The van der Waals surface area contributed by atoms with Gasteiger partial charge >= 0.3 is 0 Å². The summed E-state index contributed by atoms with van der Waals surface area (Å²) in [5.41, 5.74) is 0. The predicted octanol–water partition coefficient (Wildman–Crippen LogP) is -0.666. The van der Waals surface area contributed by atoms with E-state index >= 15 is 0 Å². The van der Waals surface area contributed by atoms with Crippen molar-refractivity contribution in [2.24, 2.45) is 0 Å². The van der Waals surface area contributed by atoms with Gasteiger partial charge in [-0.3, -0.25) is 0 Å². The molecule has 0 amide bonds. The topological polar surface area (TPSA) is 82.3 Å². The zero-order valence-electron chi connectivity index (χ0n) is 13.1. The third-order valence-corrected chi connectivity index (χ3v) is 5.20. The van der Waals surface area contributed by atoms with Crippen molar-refractivity contribution in [2.75, 3.05) is 63.9 Å². The molecule has 0 aliphatic carbocycles. The smallest absolute Gasteiger partial charge is 0.152 e. The highest BCUT2D eigenvalue weighted by atomic mass is 32.2. The van der Waals surface area contributed by atoms with Gasteiger partial charge in [-0.2, -0.15) is 0 Å². The Morgan fingerprint density at radius 3 is 1.24 bits per heavy atom. The zero-order valence-corrected chi connectivity index (χ0v) is 13.9. The molecule has 0 atom stereocenters. The minimum Gasteiger partial charge on any atom is -0.317 e. The number of nitrogens with one attached hydrogen (secondary N) is 4. The molecule has 1 rings (SSSR count). The first-order chi connectivity index (χ1) is 10.2. The van der Waals surface area contributed by atoms with E-state index in [-0.39, 0.29) is 11.5 Å². The van der Waals surface area contributed by atoms with Crippen molar-refractivity contribution < 1.29 is 8.42 Å². The fourth-order valence-electron chi connectivity index (χ4n) is 2.23. The molecule has 0 aromatic heterocycles. The van der Waals surface area contributed by atoms with Gasteiger partial charge < -0.3 is 21.3 Å². The van der Waals surface area contributed by atoms with Gasteiger partial charge in [0.2, 0.25) is 0 Å². The van der Waals surface area contributed by atoms with Crippen LogP contribution in [-0.4, -0.2) is 72.3 Å². The fourth-order valence-corrected chi connectivity index (χ4v) is 3.35. The van der Waals surface area contributed by atoms with E-state index in [0.717, 1.165) is 52.1 Å². The van der Waals surface area contributed by atoms with Crippen LogP contribution in [-0.2, 0) is 9.84 Å². The molecule has 1 aliphatic rings. The second kappa shape index (κ2) is 12.3. The van der Waals surface area contributed by atoms with Crippen LogP contribution in [0.4, 0.5) is 0 Å². The fraction of sp³-hybridized carbons (Fsp3) is 1.00. The van der Waals surface area contributed by atoms with Crippen LogP contribution in [0.3, 0.4) is 0 Å². The molecule has 0 aromatic rings. The lowest BCUT2D eigenvalue weighted by Gasteiger charge is -2.07. The van der Waals surface area contributed by atoms with Crippen LogP contribution < -0.4 is 21.3 Å². The van der Waals surface area contributed by atoms with Gasteiger partial charge in [0.05, 0.1) is 11.5 Å². The molecule has 6 nitrogen and oxygen atoms in total. The number of hydrogen-bond donors (Lipinski definition) is 4. The van der Waals surface area contributed by atoms with Crippen LogP contribution in [0.1, 0.15) is 25.7 Å². The van der Waals surface area contributed by atoms with Crippen molar-refractivity contribution in [3.05, 3.63) is 0 Å². The predicted molar refractivity (Wildman–Crippen MR) is 88.6 cm³/mol. The third kappa shape index (κ3) is 12.1. The highest BCUT2D eigenvalue weighted by molar-refractivity contribution is 7.91. The summed E-state index contributed by atoms with van der Waals surface area (Å²) >= 11 is 0. The van der Waals surface area contributed by atoms with Gasteiger partial charge in [0.25, 0.3) is 0 Å². The Balaban J connectivity index is 2.21. The van der Waals surface area contributed by atoms with E-state index in [0.29, 0.717) is 13.1 Å². The summed E-state index contributed by atoms with van der Waals surface area (Å²) in [6.45, 7) is 7.01. The highest BCUT2D eigenvalue weighted by Gasteiger charge is 2.09. The molecule has 21 heavy (non-hydrogen) atoms. The van der Waals surface area contributed by atoms with Gasteiger partial charge in [-0.15, -0.1) is 0 Å². The van der Waals surface area contributed by atoms with E-state index in [1.807, 2.05) is 0 Å². The lowest BCUT2D eigenvalue weighted by Crippen LogP contribution is -2.31. The minimum absolute atomic E-state index is 0.240. The van der Waals surface area contributed by atoms with Gasteiger partial charge in [-0.25, -0.2) is 8.42 Å². The maximum atomic E-state index is 11.8. The maximum absolute atomic E-state index is 11.8. The van der Waals surface area contributed by atoms with Crippen LogP contribution in [0.2, 0.25) is 0 Å². The van der Waals surface area contributed by atoms with Crippen molar-refractivity contribution in [3.8, 4) is 0 Å². The molecule has 0 radical (unpaired) electrons. The van der Waals surface area contributed by atoms with E-state index in [1.165, 1.54) is 12.8 Å². The molecule has 126 valence electrons. The van der Waals surface area contributed by atoms with Crippen molar-refractivity contribution in [2.45, 2.75) is 25.7 Å². The number of rotatable bonds is 0. The molecule has 0 saturated carbocycles. The largest absolute Gasteiger partial charge is 0.317 e. The van der Waals surface area contributed by atoms with E-state index in [1.54, 1.807) is 0 Å². The van der Waals surface area contributed by atoms with Crippen molar-refractivity contribution in [1.29, 1.82) is 0 Å². The molecule has 0 unspecified atom stereocenters. The van der Waals surface area contributed by atoms with Crippen molar-refractivity contribution >= 4 is 9.84 Å². The van der Waals surface area contributed by atoms with Crippen LogP contribution in [0.25, 0.3) is 0 Å². The minimum atomic E-state index is -2.92. The third-order valence-electron chi connectivity index (χ3n) is 3.55. The molecular weight excluding hydrogens is 288 g/mol.